The average Bonchev–Trinajstić information content (AvgIpc) is 3.18. The average molecular weight is 259 g/mol. The van der Waals surface area contributed by atoms with Crippen molar-refractivity contribution < 1.29 is 0 Å². The summed E-state index contributed by atoms with van der Waals surface area (Å²) >= 11 is 0. The van der Waals surface area contributed by atoms with Crippen molar-refractivity contribution in [2.75, 3.05) is 13.1 Å². The first-order valence-corrected chi connectivity index (χ1v) is 8.34. The molecule has 1 saturated heterocycles. The summed E-state index contributed by atoms with van der Waals surface area (Å²) < 4.78 is 0. The Morgan fingerprint density at radius 3 is 1.74 bits per heavy atom. The molecule has 1 aliphatic heterocycles. The van der Waals surface area contributed by atoms with Crippen LogP contribution >= 0.6 is 0 Å². The summed E-state index contributed by atoms with van der Waals surface area (Å²) in [5.74, 6) is 0. The highest BCUT2D eigenvalue weighted by Gasteiger charge is 2.33. The van der Waals surface area contributed by atoms with Crippen molar-refractivity contribution in [2.45, 2.75) is 64.2 Å². The Kier molecular flexibility index (Phi) is 4.12. The van der Waals surface area contributed by atoms with Gasteiger partial charge in [0.05, 0.1) is 0 Å². The summed E-state index contributed by atoms with van der Waals surface area (Å²) in [6, 6.07) is 0. The maximum absolute atomic E-state index is 3.42. The maximum Gasteiger partial charge on any atom is 0.00142 e. The number of nitrogens with one attached hydrogen (secondary N) is 1. The van der Waals surface area contributed by atoms with Crippen LogP contribution in [-0.4, -0.2) is 13.1 Å². The van der Waals surface area contributed by atoms with Crippen LogP contribution in [-0.2, 0) is 0 Å². The number of rotatable bonds is 0. The van der Waals surface area contributed by atoms with Gasteiger partial charge in [0.2, 0.25) is 0 Å². The molecule has 1 saturated carbocycles. The van der Waals surface area contributed by atoms with Gasteiger partial charge in [0, 0.05) is 6.54 Å². The van der Waals surface area contributed by atoms with Crippen LogP contribution in [0.2, 0.25) is 0 Å². The first-order chi connectivity index (χ1) is 9.33. The van der Waals surface area contributed by atoms with Crippen LogP contribution in [0.4, 0.5) is 0 Å². The fourth-order valence-electron chi connectivity index (χ4n) is 4.35. The third kappa shape index (κ3) is 3.13. The number of allylic oxidation sites excluding steroid dienone is 4. The van der Waals surface area contributed by atoms with Gasteiger partial charge in [-0.05, 0) is 62.3 Å². The quantitative estimate of drug-likeness (QED) is 0.627. The van der Waals surface area contributed by atoms with E-state index in [1.54, 1.807) is 0 Å². The minimum atomic E-state index is 0.667. The molecule has 1 nitrogen and oxygen atoms in total. The Balaban J connectivity index is 0.000000117. The van der Waals surface area contributed by atoms with Gasteiger partial charge in [-0.15, -0.1) is 0 Å². The molecule has 1 heterocycles. The maximum atomic E-state index is 3.42. The van der Waals surface area contributed by atoms with Gasteiger partial charge >= 0.3 is 0 Å². The molecule has 0 unspecified atom stereocenters. The Morgan fingerprint density at radius 1 is 0.632 bits per heavy atom. The molecule has 2 spiro atoms. The van der Waals surface area contributed by atoms with E-state index in [4.69, 9.17) is 0 Å². The van der Waals surface area contributed by atoms with Gasteiger partial charge in [0.1, 0.15) is 0 Å². The molecule has 4 rings (SSSR count). The minimum Gasteiger partial charge on any atom is -0.316 e. The summed E-state index contributed by atoms with van der Waals surface area (Å²) in [5.41, 5.74) is 1.43. The second-order valence-electron chi connectivity index (χ2n) is 7.25. The number of hydrogen-bond donors (Lipinski definition) is 1. The van der Waals surface area contributed by atoms with Crippen LogP contribution < -0.4 is 5.32 Å². The van der Waals surface area contributed by atoms with E-state index in [0.29, 0.717) is 5.41 Å². The highest BCUT2D eigenvalue weighted by atomic mass is 14.9. The summed E-state index contributed by atoms with van der Waals surface area (Å²) in [6.45, 7) is 2.49. The molecule has 0 aromatic rings. The molecular weight excluding hydrogens is 230 g/mol. The Hall–Kier alpha value is -0.560. The fraction of sp³-hybridized carbons (Fsp3) is 0.778. The largest absolute Gasteiger partial charge is 0.316 e. The standard InChI is InChI=1S/C10H16.C8H13N/c1-2-6-10(7-3-1)8-4-5-9-10;1-2-4-8(3-1)5-6-9-7-8/h4-5H,1-3,6-9H2;1-2,9H,3-7H2. The molecule has 0 bridgehead atoms. The lowest BCUT2D eigenvalue weighted by molar-refractivity contribution is 0.206. The summed E-state index contributed by atoms with van der Waals surface area (Å²) in [7, 11) is 0. The van der Waals surface area contributed by atoms with Crippen molar-refractivity contribution in [3.8, 4) is 0 Å². The lowest BCUT2D eigenvalue weighted by Crippen LogP contribution is -2.19. The lowest BCUT2D eigenvalue weighted by atomic mass is 9.72. The molecule has 1 heteroatoms. The van der Waals surface area contributed by atoms with Crippen molar-refractivity contribution in [3.05, 3.63) is 24.3 Å². The second kappa shape index (κ2) is 5.83. The third-order valence-electron chi connectivity index (χ3n) is 5.78. The summed E-state index contributed by atoms with van der Waals surface area (Å²) in [6.07, 6.45) is 23.7. The van der Waals surface area contributed by atoms with Gasteiger partial charge in [-0.3, -0.25) is 0 Å². The van der Waals surface area contributed by atoms with E-state index in [9.17, 15) is 0 Å². The Bertz CT molecular complexity index is 321. The highest BCUT2D eigenvalue weighted by molar-refractivity contribution is 5.06. The zero-order chi connectivity index (χ0) is 13.0. The Labute approximate surface area is 118 Å². The SMILES string of the molecule is C1=CCC2(C1)CCCCC2.C1=CCC2(C1)CCNC2. The molecule has 0 amide bonds. The zero-order valence-corrected chi connectivity index (χ0v) is 12.3. The molecule has 2 fully saturated rings. The van der Waals surface area contributed by atoms with Crippen molar-refractivity contribution in [1.82, 2.24) is 5.32 Å². The molecule has 0 atom stereocenters. The Morgan fingerprint density at radius 2 is 1.21 bits per heavy atom. The van der Waals surface area contributed by atoms with Crippen LogP contribution in [0.3, 0.4) is 0 Å². The lowest BCUT2D eigenvalue weighted by Gasteiger charge is -2.32. The highest BCUT2D eigenvalue weighted by Crippen LogP contribution is 2.45. The minimum absolute atomic E-state index is 0.667. The van der Waals surface area contributed by atoms with Gasteiger partial charge in [-0.25, -0.2) is 0 Å². The van der Waals surface area contributed by atoms with E-state index in [1.807, 2.05) is 0 Å². The monoisotopic (exact) mass is 259 g/mol. The molecule has 0 aromatic heterocycles. The van der Waals surface area contributed by atoms with Gasteiger partial charge in [-0.2, -0.15) is 0 Å². The third-order valence-corrected chi connectivity index (χ3v) is 5.78. The van der Waals surface area contributed by atoms with Gasteiger partial charge < -0.3 is 5.32 Å². The molecule has 106 valence electrons. The second-order valence-corrected chi connectivity index (χ2v) is 7.25. The molecule has 1 N–H and O–H groups in total. The van der Waals surface area contributed by atoms with Gasteiger partial charge in [0.15, 0.2) is 0 Å². The van der Waals surface area contributed by atoms with Gasteiger partial charge in [-0.1, -0.05) is 43.6 Å². The normalized spacial score (nSPS) is 29.9. The van der Waals surface area contributed by atoms with E-state index in [0.717, 1.165) is 5.41 Å². The van der Waals surface area contributed by atoms with Crippen molar-refractivity contribution in [1.29, 1.82) is 0 Å². The van der Waals surface area contributed by atoms with Crippen LogP contribution in [0, 0.1) is 10.8 Å². The molecular formula is C18H29N. The first-order valence-electron chi connectivity index (χ1n) is 8.34. The fourth-order valence-corrected chi connectivity index (χ4v) is 4.35. The zero-order valence-electron chi connectivity index (χ0n) is 12.3. The van der Waals surface area contributed by atoms with Crippen LogP contribution in [0.1, 0.15) is 64.2 Å². The molecule has 0 aromatic carbocycles. The van der Waals surface area contributed by atoms with E-state index in [2.05, 4.69) is 29.6 Å². The molecule has 19 heavy (non-hydrogen) atoms. The van der Waals surface area contributed by atoms with Crippen molar-refractivity contribution >= 4 is 0 Å². The summed E-state index contributed by atoms with van der Waals surface area (Å²) in [5, 5.41) is 3.42. The van der Waals surface area contributed by atoms with E-state index >= 15 is 0 Å². The molecule has 4 aliphatic rings. The van der Waals surface area contributed by atoms with E-state index in [1.165, 1.54) is 77.3 Å². The van der Waals surface area contributed by atoms with Crippen molar-refractivity contribution in [2.24, 2.45) is 10.8 Å². The van der Waals surface area contributed by atoms with Crippen LogP contribution in [0.25, 0.3) is 0 Å². The van der Waals surface area contributed by atoms with Crippen LogP contribution in [0.15, 0.2) is 24.3 Å². The molecule has 0 radical (unpaired) electrons. The predicted octanol–water partition coefficient (Wildman–Crippen LogP) is 4.60. The van der Waals surface area contributed by atoms with Crippen LogP contribution in [0.5, 0.6) is 0 Å². The molecule has 3 aliphatic carbocycles. The smallest absolute Gasteiger partial charge is 0.00142 e. The van der Waals surface area contributed by atoms with E-state index < -0.39 is 0 Å². The summed E-state index contributed by atoms with van der Waals surface area (Å²) in [4.78, 5) is 0. The van der Waals surface area contributed by atoms with E-state index in [-0.39, 0.29) is 0 Å². The predicted molar refractivity (Wildman–Crippen MR) is 82.2 cm³/mol. The first kappa shape index (κ1) is 13.4. The topological polar surface area (TPSA) is 12.0 Å². The number of hydrogen-bond acceptors (Lipinski definition) is 1. The van der Waals surface area contributed by atoms with Crippen molar-refractivity contribution in [3.63, 3.8) is 0 Å². The van der Waals surface area contributed by atoms with Gasteiger partial charge in [0.25, 0.3) is 0 Å².